The topological polar surface area (TPSA) is 85.0 Å². The van der Waals surface area contributed by atoms with Crippen molar-refractivity contribution in [3.63, 3.8) is 0 Å². The summed E-state index contributed by atoms with van der Waals surface area (Å²) in [6.45, 7) is -0.00549. The zero-order chi connectivity index (χ0) is 23.6. The van der Waals surface area contributed by atoms with Gasteiger partial charge in [0.25, 0.3) is 0 Å². The van der Waals surface area contributed by atoms with Crippen LogP contribution in [0.1, 0.15) is 11.3 Å². The van der Waals surface area contributed by atoms with Crippen LogP contribution in [0.25, 0.3) is 10.9 Å². The maximum atomic E-state index is 13.0. The van der Waals surface area contributed by atoms with Gasteiger partial charge in [0.1, 0.15) is 18.1 Å². The zero-order valence-electron chi connectivity index (χ0n) is 16.3. The summed E-state index contributed by atoms with van der Waals surface area (Å²) in [6, 6.07) is 9.18. The first kappa shape index (κ1) is 22.2. The van der Waals surface area contributed by atoms with Crippen LogP contribution < -0.4 is 14.8 Å². The van der Waals surface area contributed by atoms with Crippen molar-refractivity contribution in [2.45, 2.75) is 19.1 Å². The highest BCUT2D eigenvalue weighted by molar-refractivity contribution is 5.83. The molecule has 0 bridgehead atoms. The fourth-order valence-electron chi connectivity index (χ4n) is 2.83. The minimum Gasteiger partial charge on any atom is -0.489 e. The van der Waals surface area contributed by atoms with Crippen LogP contribution in [-0.2, 0) is 12.8 Å². The van der Waals surface area contributed by atoms with Gasteiger partial charge in [-0.2, -0.15) is 18.3 Å². The molecule has 33 heavy (non-hydrogen) atoms. The molecular formula is C20H13F6N5O2. The molecule has 0 spiro atoms. The van der Waals surface area contributed by atoms with Gasteiger partial charge >= 0.3 is 12.5 Å². The largest absolute Gasteiger partial charge is 0.573 e. The summed E-state index contributed by atoms with van der Waals surface area (Å²) >= 11 is 0. The smallest absolute Gasteiger partial charge is 0.489 e. The van der Waals surface area contributed by atoms with Crippen LogP contribution in [0.2, 0.25) is 0 Å². The van der Waals surface area contributed by atoms with Crippen molar-refractivity contribution in [3.8, 4) is 11.5 Å². The second-order valence-corrected chi connectivity index (χ2v) is 6.68. The summed E-state index contributed by atoms with van der Waals surface area (Å²) in [5, 5.41) is 8.33. The summed E-state index contributed by atoms with van der Waals surface area (Å²) < 4.78 is 85.0. The maximum Gasteiger partial charge on any atom is 0.573 e. The molecule has 0 unspecified atom stereocenters. The molecule has 0 fully saturated rings. The highest BCUT2D eigenvalue weighted by Gasteiger charge is 2.36. The summed E-state index contributed by atoms with van der Waals surface area (Å²) in [4.78, 5) is 8.16. The molecule has 2 heterocycles. The number of alkyl halides is 6. The van der Waals surface area contributed by atoms with Gasteiger partial charge in [-0.05, 0) is 42.5 Å². The number of nitrogens with one attached hydrogen (secondary N) is 2. The average molecular weight is 469 g/mol. The Kier molecular flexibility index (Phi) is 5.70. The third-order valence-electron chi connectivity index (χ3n) is 4.26. The number of hydrogen-bond acceptors (Lipinski definition) is 6. The fraction of sp³-hybridized carbons (Fsp3) is 0.150. The minimum atomic E-state index is -4.78. The van der Waals surface area contributed by atoms with Crippen molar-refractivity contribution >= 4 is 22.5 Å². The number of nitrogens with zero attached hydrogens (tertiary/aromatic N) is 3. The first-order valence-corrected chi connectivity index (χ1v) is 9.19. The van der Waals surface area contributed by atoms with E-state index in [-0.39, 0.29) is 35.0 Å². The Hall–Kier alpha value is -4.03. The molecule has 7 nitrogen and oxygen atoms in total. The van der Waals surface area contributed by atoms with Gasteiger partial charge in [-0.15, -0.1) is 13.2 Å². The lowest BCUT2D eigenvalue weighted by atomic mass is 10.2. The van der Waals surface area contributed by atoms with E-state index in [0.717, 1.165) is 12.1 Å². The number of hydrogen-bond donors (Lipinski definition) is 2. The van der Waals surface area contributed by atoms with Gasteiger partial charge in [0, 0.05) is 29.0 Å². The van der Waals surface area contributed by atoms with Crippen LogP contribution in [-0.4, -0.2) is 26.5 Å². The molecule has 0 radical (unpaired) electrons. The summed E-state index contributed by atoms with van der Waals surface area (Å²) in [6.07, 6.45) is -6.50. The molecule has 0 aliphatic rings. The molecule has 0 aliphatic heterocycles. The zero-order valence-corrected chi connectivity index (χ0v) is 16.3. The van der Waals surface area contributed by atoms with Crippen molar-refractivity contribution in [3.05, 3.63) is 66.1 Å². The Labute approximate surface area is 181 Å². The van der Waals surface area contributed by atoms with E-state index >= 15 is 0 Å². The number of H-pyrrole nitrogens is 1. The number of benzene rings is 2. The molecule has 4 aromatic rings. The lowest BCUT2D eigenvalue weighted by Crippen LogP contribution is -2.17. The SMILES string of the molecule is FC(F)(F)Oc1ccc(Nc2ncc(COc3ccc4[nH]nc(C(F)(F)F)c4c3)cn2)cc1. The van der Waals surface area contributed by atoms with E-state index in [4.69, 9.17) is 4.74 Å². The minimum absolute atomic E-state index is 0.00549. The van der Waals surface area contributed by atoms with Crippen molar-refractivity contribution in [1.29, 1.82) is 0 Å². The standard InChI is InChI=1S/C20H13F6N5O2/c21-19(22,23)17-15-7-14(5-6-16(15)30-31-17)32-10-11-8-27-18(28-9-11)29-12-1-3-13(4-2-12)33-20(24,25)26/h1-9H,10H2,(H,30,31)(H,27,28,29). The van der Waals surface area contributed by atoms with E-state index in [1.54, 1.807) is 0 Å². The predicted octanol–water partition coefficient (Wildman–Crippen LogP) is 5.59. The Bertz CT molecular complexity index is 1240. The first-order chi connectivity index (χ1) is 15.6. The van der Waals surface area contributed by atoms with E-state index in [0.29, 0.717) is 11.3 Å². The van der Waals surface area contributed by atoms with Crippen molar-refractivity contribution in [2.24, 2.45) is 0 Å². The molecule has 0 amide bonds. The maximum absolute atomic E-state index is 13.0. The molecule has 2 aromatic carbocycles. The Morgan fingerprint density at radius 1 is 0.879 bits per heavy atom. The van der Waals surface area contributed by atoms with Gasteiger partial charge in [-0.3, -0.25) is 5.10 Å². The molecule has 0 aliphatic carbocycles. The van der Waals surface area contributed by atoms with Crippen molar-refractivity contribution < 1.29 is 35.8 Å². The van der Waals surface area contributed by atoms with Gasteiger partial charge in [0.15, 0.2) is 5.69 Å². The molecular weight excluding hydrogens is 456 g/mol. The predicted molar refractivity (Wildman–Crippen MR) is 104 cm³/mol. The number of rotatable bonds is 6. The second kappa shape index (κ2) is 8.48. The van der Waals surface area contributed by atoms with Gasteiger partial charge < -0.3 is 14.8 Å². The molecule has 4 rings (SSSR count). The van der Waals surface area contributed by atoms with E-state index in [9.17, 15) is 26.3 Å². The van der Waals surface area contributed by atoms with Gasteiger partial charge in [0.2, 0.25) is 5.95 Å². The molecule has 2 N–H and O–H groups in total. The van der Waals surface area contributed by atoms with Gasteiger partial charge in [-0.1, -0.05) is 0 Å². The molecule has 0 saturated carbocycles. The van der Waals surface area contributed by atoms with Crippen LogP contribution in [0, 0.1) is 0 Å². The third kappa shape index (κ3) is 5.61. The summed E-state index contributed by atoms with van der Waals surface area (Å²) in [7, 11) is 0. The van der Waals surface area contributed by atoms with Crippen molar-refractivity contribution in [2.75, 3.05) is 5.32 Å². The molecule has 2 aromatic heterocycles. The number of ether oxygens (including phenoxy) is 2. The van der Waals surface area contributed by atoms with Crippen molar-refractivity contribution in [1.82, 2.24) is 20.2 Å². The van der Waals surface area contributed by atoms with Gasteiger partial charge in [0.05, 0.1) is 5.52 Å². The van der Waals surface area contributed by atoms with E-state index in [1.165, 1.54) is 42.7 Å². The summed E-state index contributed by atoms with van der Waals surface area (Å²) in [5.74, 6) is 0.0214. The molecule has 172 valence electrons. The third-order valence-corrected chi connectivity index (χ3v) is 4.26. The normalized spacial score (nSPS) is 12.1. The number of fused-ring (bicyclic) bond motifs is 1. The number of aromatic amines is 1. The van der Waals surface area contributed by atoms with E-state index < -0.39 is 18.2 Å². The van der Waals surface area contributed by atoms with Crippen LogP contribution in [0.5, 0.6) is 11.5 Å². The lowest BCUT2D eigenvalue weighted by molar-refractivity contribution is -0.274. The number of anilines is 2. The van der Waals surface area contributed by atoms with Crippen LogP contribution in [0.4, 0.5) is 38.0 Å². The van der Waals surface area contributed by atoms with Crippen LogP contribution in [0.3, 0.4) is 0 Å². The molecule has 13 heteroatoms. The highest BCUT2D eigenvalue weighted by Crippen LogP contribution is 2.34. The van der Waals surface area contributed by atoms with Crippen LogP contribution >= 0.6 is 0 Å². The monoisotopic (exact) mass is 469 g/mol. The average Bonchev–Trinajstić information content (AvgIpc) is 3.17. The van der Waals surface area contributed by atoms with E-state index in [1.807, 2.05) is 0 Å². The van der Waals surface area contributed by atoms with Crippen LogP contribution in [0.15, 0.2) is 54.9 Å². The molecule has 0 saturated heterocycles. The highest BCUT2D eigenvalue weighted by atomic mass is 19.4. The van der Waals surface area contributed by atoms with Gasteiger partial charge in [-0.25, -0.2) is 9.97 Å². The Balaban J connectivity index is 1.37. The molecule has 0 atom stereocenters. The lowest BCUT2D eigenvalue weighted by Gasteiger charge is -2.10. The Morgan fingerprint density at radius 3 is 2.18 bits per heavy atom. The number of aromatic nitrogens is 4. The first-order valence-electron chi connectivity index (χ1n) is 9.19. The second-order valence-electron chi connectivity index (χ2n) is 6.68. The summed E-state index contributed by atoms with van der Waals surface area (Å²) in [5.41, 5.74) is 0.173. The van der Waals surface area contributed by atoms with E-state index in [2.05, 4.69) is 30.2 Å². The Morgan fingerprint density at radius 2 is 1.55 bits per heavy atom. The quantitative estimate of drug-likeness (QED) is 0.358. The number of halogens is 6. The fourth-order valence-corrected chi connectivity index (χ4v) is 2.83.